The zero-order chi connectivity index (χ0) is 6.62. The van der Waals surface area contributed by atoms with Crippen LogP contribution in [0.2, 0.25) is 0 Å². The van der Waals surface area contributed by atoms with Gasteiger partial charge in [-0.3, -0.25) is 0 Å². The predicted molar refractivity (Wildman–Crippen MR) is 60.1 cm³/mol. The van der Waals surface area contributed by atoms with Gasteiger partial charge in [-0.15, -0.1) is 12.4 Å². The third-order valence-electron chi connectivity index (χ3n) is 0.880. The molecule has 1 unspecified atom stereocenters. The fourth-order valence-electron chi connectivity index (χ4n) is 0.327. The van der Waals surface area contributed by atoms with Gasteiger partial charge in [-0.05, 0) is 0 Å². The van der Waals surface area contributed by atoms with Crippen molar-refractivity contribution >= 4 is 81.0 Å². The summed E-state index contributed by atoms with van der Waals surface area (Å²) < 4.78 is 5.79. The Hall–Kier alpha value is 2.64. The van der Waals surface area contributed by atoms with E-state index in [0.29, 0.717) is 0 Å². The van der Waals surface area contributed by atoms with Gasteiger partial charge in [0.25, 0.3) is 0 Å². The van der Waals surface area contributed by atoms with Crippen LogP contribution in [0.15, 0.2) is 0 Å². The molecule has 0 fully saturated rings. The van der Waals surface area contributed by atoms with Crippen LogP contribution in [-0.4, -0.2) is 97.9 Å². The van der Waals surface area contributed by atoms with Crippen LogP contribution in [0.25, 0.3) is 0 Å². The van der Waals surface area contributed by atoms with E-state index in [1.165, 1.54) is 0 Å². The van der Waals surface area contributed by atoms with Gasteiger partial charge >= 0.3 is 59.1 Å². The van der Waals surface area contributed by atoms with Gasteiger partial charge < -0.3 is 9.01 Å². The second-order valence-corrected chi connectivity index (χ2v) is 3.22. The SMILES string of the molecule is C[N+](C)(C)CCOP.Cl.[NaH].[NaH]. The Kier molecular flexibility index (Phi) is 26.9. The topological polar surface area (TPSA) is 9.23 Å². The molecule has 0 bridgehead atoms. The Morgan fingerprint density at radius 3 is 1.64 bits per heavy atom. The van der Waals surface area contributed by atoms with Crippen molar-refractivity contribution in [3.05, 3.63) is 0 Å². The Morgan fingerprint density at radius 1 is 1.18 bits per heavy atom. The Morgan fingerprint density at radius 2 is 1.55 bits per heavy atom. The van der Waals surface area contributed by atoms with Crippen molar-refractivity contribution in [2.75, 3.05) is 34.3 Å². The van der Waals surface area contributed by atoms with Crippen molar-refractivity contribution in [3.8, 4) is 0 Å². The summed E-state index contributed by atoms with van der Waals surface area (Å²) >= 11 is 0. The maximum atomic E-state index is 4.82. The van der Waals surface area contributed by atoms with Crippen LogP contribution in [0.5, 0.6) is 0 Å². The third-order valence-corrected chi connectivity index (χ3v) is 1.12. The zero-order valence-corrected chi connectivity index (χ0v) is 8.23. The van der Waals surface area contributed by atoms with Gasteiger partial charge in [0.15, 0.2) is 0 Å². The monoisotopic (exact) mass is 220 g/mol. The van der Waals surface area contributed by atoms with Crippen molar-refractivity contribution in [1.29, 1.82) is 0 Å². The molecule has 0 saturated heterocycles. The molecule has 0 amide bonds. The van der Waals surface area contributed by atoms with Crippen LogP contribution in [0, 0.1) is 0 Å². The quantitative estimate of drug-likeness (QED) is 0.358. The molecule has 6 heteroatoms. The molecule has 0 rings (SSSR count). The van der Waals surface area contributed by atoms with E-state index in [4.69, 9.17) is 4.52 Å². The summed E-state index contributed by atoms with van der Waals surface area (Å²) in [5.41, 5.74) is 0. The van der Waals surface area contributed by atoms with Gasteiger partial charge in [0.2, 0.25) is 0 Å². The van der Waals surface area contributed by atoms with Crippen molar-refractivity contribution in [2.45, 2.75) is 0 Å². The first-order valence-electron chi connectivity index (χ1n) is 2.68. The summed E-state index contributed by atoms with van der Waals surface area (Å²) in [6, 6.07) is 0. The van der Waals surface area contributed by atoms with E-state index in [1.807, 2.05) is 0 Å². The first kappa shape index (κ1) is 23.5. The van der Waals surface area contributed by atoms with Crippen molar-refractivity contribution in [3.63, 3.8) is 0 Å². The number of nitrogens with zero attached hydrogens (tertiary/aromatic N) is 1. The second-order valence-electron chi connectivity index (χ2n) is 2.88. The summed E-state index contributed by atoms with van der Waals surface area (Å²) in [5, 5.41) is 0. The van der Waals surface area contributed by atoms with Gasteiger partial charge in [-0.2, -0.15) is 0 Å². The summed E-state index contributed by atoms with van der Waals surface area (Å²) in [6.07, 6.45) is 0. The van der Waals surface area contributed by atoms with E-state index < -0.39 is 0 Å². The maximum absolute atomic E-state index is 4.82. The van der Waals surface area contributed by atoms with Crippen molar-refractivity contribution < 1.29 is 9.01 Å². The molecule has 0 aliphatic heterocycles. The summed E-state index contributed by atoms with van der Waals surface area (Å²) in [7, 11) is 8.68. The van der Waals surface area contributed by atoms with E-state index in [2.05, 4.69) is 30.6 Å². The molecule has 0 aromatic heterocycles. The molecular weight excluding hydrogens is 202 g/mol. The molecule has 1 atom stereocenters. The molecular formula is C5H18ClNNa2OP+. The van der Waals surface area contributed by atoms with E-state index in [0.717, 1.165) is 17.6 Å². The molecule has 11 heavy (non-hydrogen) atoms. The van der Waals surface area contributed by atoms with E-state index >= 15 is 0 Å². The van der Waals surface area contributed by atoms with Crippen LogP contribution in [0.1, 0.15) is 0 Å². The van der Waals surface area contributed by atoms with Gasteiger partial charge in [-0.25, -0.2) is 0 Å². The summed E-state index contributed by atoms with van der Waals surface area (Å²) in [4.78, 5) is 0. The van der Waals surface area contributed by atoms with Crippen LogP contribution >= 0.6 is 21.9 Å². The third kappa shape index (κ3) is 24.5. The Bertz CT molecular complexity index is 72.0. The van der Waals surface area contributed by atoms with E-state index in [9.17, 15) is 0 Å². The van der Waals surface area contributed by atoms with Crippen molar-refractivity contribution in [1.82, 2.24) is 0 Å². The van der Waals surface area contributed by atoms with Crippen molar-refractivity contribution in [2.24, 2.45) is 0 Å². The molecule has 0 spiro atoms. The number of likely N-dealkylation sites (N-methyl/N-ethyl adjacent to an activating group) is 1. The fourth-order valence-corrected chi connectivity index (χ4v) is 0.432. The standard InChI is InChI=1S/C5H15NOP.ClH.2Na.2H/c1-6(2,3)4-5-7-8;;;;;/h4-5,8H2,1-3H3;1H;;;;/q+1;;;;;. The molecule has 0 aliphatic carbocycles. The summed E-state index contributed by atoms with van der Waals surface area (Å²) in [5.74, 6) is 0. The molecule has 0 aromatic carbocycles. The first-order chi connectivity index (χ1) is 3.56. The zero-order valence-electron chi connectivity index (χ0n) is 6.26. The van der Waals surface area contributed by atoms with Gasteiger partial charge in [0.1, 0.15) is 6.54 Å². The average Bonchev–Trinajstić information content (AvgIpc) is 1.59. The molecule has 62 valence electrons. The fraction of sp³-hybridized carbons (Fsp3) is 1.00. The predicted octanol–water partition coefficient (Wildman–Crippen LogP) is -0.376. The molecule has 0 heterocycles. The Balaban J connectivity index is -0.0000000817. The first-order valence-corrected chi connectivity index (χ1v) is 3.15. The molecule has 2 nitrogen and oxygen atoms in total. The van der Waals surface area contributed by atoms with Crippen LogP contribution in [0.3, 0.4) is 0 Å². The molecule has 0 N–H and O–H groups in total. The number of hydrogen-bond acceptors (Lipinski definition) is 1. The van der Waals surface area contributed by atoms with Crippen LogP contribution < -0.4 is 0 Å². The van der Waals surface area contributed by atoms with E-state index in [1.54, 1.807) is 0 Å². The molecule has 0 aromatic rings. The number of quaternary nitrogens is 1. The van der Waals surface area contributed by atoms with Gasteiger partial charge in [0.05, 0.1) is 27.7 Å². The minimum atomic E-state index is 0. The van der Waals surface area contributed by atoms with Crippen LogP contribution in [0.4, 0.5) is 0 Å². The summed E-state index contributed by atoms with van der Waals surface area (Å²) in [6.45, 7) is 1.87. The van der Waals surface area contributed by atoms with Gasteiger partial charge in [0, 0.05) is 9.47 Å². The number of rotatable bonds is 3. The second kappa shape index (κ2) is 12.6. The molecule has 0 radical (unpaired) electrons. The molecule has 0 saturated carbocycles. The molecule has 0 aliphatic rings. The van der Waals surface area contributed by atoms with E-state index in [-0.39, 0.29) is 71.5 Å². The number of hydrogen-bond donors (Lipinski definition) is 0. The van der Waals surface area contributed by atoms with Gasteiger partial charge in [-0.1, -0.05) is 0 Å². The van der Waals surface area contributed by atoms with Crippen LogP contribution in [-0.2, 0) is 4.52 Å². The normalized spacial score (nSPS) is 8.73. The average molecular weight is 221 g/mol. The minimum absolute atomic E-state index is 0. The Labute approximate surface area is 123 Å². The number of halogens is 1.